The Labute approximate surface area is 137 Å². The summed E-state index contributed by atoms with van der Waals surface area (Å²) in [6.45, 7) is 0.908. The van der Waals surface area contributed by atoms with Crippen molar-refractivity contribution in [3.05, 3.63) is 34.3 Å². The average molecular weight is 367 g/mol. The van der Waals surface area contributed by atoms with Gasteiger partial charge in [-0.25, -0.2) is 4.79 Å². The number of primary amides is 1. The maximum atomic E-state index is 12.1. The lowest BCUT2D eigenvalue weighted by Crippen LogP contribution is -2.42. The van der Waals surface area contributed by atoms with Crippen LogP contribution in [0.15, 0.2) is 28.7 Å². The van der Waals surface area contributed by atoms with Crippen molar-refractivity contribution in [1.29, 1.82) is 0 Å². The molecule has 3 rings (SSSR count). The number of likely N-dealkylation sites (tertiary alicyclic amines) is 1. The van der Waals surface area contributed by atoms with Gasteiger partial charge in [0.15, 0.2) is 0 Å². The minimum atomic E-state index is -0.433. The van der Waals surface area contributed by atoms with Gasteiger partial charge in [-0.05, 0) is 42.9 Å². The molecule has 0 radical (unpaired) electrons. The molecule has 0 bridgehead atoms. The highest BCUT2D eigenvalue weighted by Crippen LogP contribution is 2.48. The van der Waals surface area contributed by atoms with Gasteiger partial charge in [0.05, 0.1) is 12.0 Å². The summed E-state index contributed by atoms with van der Waals surface area (Å²) >= 11 is 3.45. The standard InChI is InChI=1S/C16H19BrN2O3/c17-11-4-1-3-10(7-11)13-8-14(13)15(20)22-9-12-5-2-6-19(12)16(18)21/h1,3-4,7,12-14H,2,5-6,8-9H2,(H2,18,21)/t12-,13+,14-/m1/s1. The minimum Gasteiger partial charge on any atom is -0.463 e. The molecule has 22 heavy (non-hydrogen) atoms. The van der Waals surface area contributed by atoms with E-state index in [9.17, 15) is 9.59 Å². The average Bonchev–Trinajstić information content (AvgIpc) is 3.15. The normalized spacial score (nSPS) is 26.8. The zero-order chi connectivity index (χ0) is 15.7. The molecule has 1 saturated carbocycles. The molecule has 1 aromatic carbocycles. The van der Waals surface area contributed by atoms with Crippen molar-refractivity contribution in [2.45, 2.75) is 31.2 Å². The van der Waals surface area contributed by atoms with Crippen molar-refractivity contribution < 1.29 is 14.3 Å². The predicted octanol–water partition coefficient (Wildman–Crippen LogP) is 2.64. The van der Waals surface area contributed by atoms with Gasteiger partial charge >= 0.3 is 12.0 Å². The van der Waals surface area contributed by atoms with Gasteiger partial charge < -0.3 is 15.4 Å². The first-order valence-corrected chi connectivity index (χ1v) is 8.33. The molecular weight excluding hydrogens is 348 g/mol. The van der Waals surface area contributed by atoms with Crippen molar-refractivity contribution in [3.63, 3.8) is 0 Å². The first kappa shape index (κ1) is 15.3. The van der Waals surface area contributed by atoms with E-state index in [-0.39, 0.29) is 30.5 Å². The second-order valence-electron chi connectivity index (χ2n) is 5.96. The molecule has 0 spiro atoms. The van der Waals surface area contributed by atoms with Gasteiger partial charge in [0.25, 0.3) is 0 Å². The Morgan fingerprint density at radius 2 is 2.23 bits per heavy atom. The van der Waals surface area contributed by atoms with Crippen LogP contribution in [0.3, 0.4) is 0 Å². The van der Waals surface area contributed by atoms with Crippen LogP contribution in [0.5, 0.6) is 0 Å². The third kappa shape index (κ3) is 3.27. The summed E-state index contributed by atoms with van der Waals surface area (Å²) in [5.74, 6) is 0.0276. The number of ether oxygens (including phenoxy) is 1. The molecule has 1 aliphatic carbocycles. The third-order valence-electron chi connectivity index (χ3n) is 4.45. The number of nitrogens with two attached hydrogens (primary N) is 1. The van der Waals surface area contributed by atoms with E-state index in [2.05, 4.69) is 15.9 Å². The number of carbonyl (C=O) groups is 2. The van der Waals surface area contributed by atoms with Crippen LogP contribution >= 0.6 is 15.9 Å². The van der Waals surface area contributed by atoms with E-state index in [0.29, 0.717) is 6.54 Å². The molecule has 2 aliphatic rings. The van der Waals surface area contributed by atoms with Gasteiger partial charge in [-0.2, -0.15) is 0 Å². The Morgan fingerprint density at radius 3 is 2.95 bits per heavy atom. The number of halogens is 1. The van der Waals surface area contributed by atoms with Crippen molar-refractivity contribution in [2.24, 2.45) is 11.7 Å². The number of benzene rings is 1. The lowest BCUT2D eigenvalue weighted by atomic mass is 10.1. The summed E-state index contributed by atoms with van der Waals surface area (Å²) in [5, 5.41) is 0. The molecule has 3 atom stereocenters. The molecule has 6 heteroatoms. The Morgan fingerprint density at radius 1 is 1.41 bits per heavy atom. The second kappa shape index (κ2) is 6.28. The van der Waals surface area contributed by atoms with Crippen molar-refractivity contribution in [3.8, 4) is 0 Å². The van der Waals surface area contributed by atoms with E-state index in [1.54, 1.807) is 4.90 Å². The highest BCUT2D eigenvalue weighted by atomic mass is 79.9. The van der Waals surface area contributed by atoms with Crippen molar-refractivity contribution >= 4 is 27.9 Å². The molecule has 5 nitrogen and oxygen atoms in total. The lowest BCUT2D eigenvalue weighted by Gasteiger charge is -2.22. The van der Waals surface area contributed by atoms with Crippen LogP contribution in [-0.4, -0.2) is 36.1 Å². The van der Waals surface area contributed by atoms with Crippen LogP contribution in [-0.2, 0) is 9.53 Å². The fraction of sp³-hybridized carbons (Fsp3) is 0.500. The largest absolute Gasteiger partial charge is 0.463 e. The Hall–Kier alpha value is -1.56. The third-order valence-corrected chi connectivity index (χ3v) is 4.94. The Bertz CT molecular complexity index is 593. The summed E-state index contributed by atoms with van der Waals surface area (Å²) in [4.78, 5) is 25.0. The summed E-state index contributed by atoms with van der Waals surface area (Å²) < 4.78 is 6.43. The van der Waals surface area contributed by atoms with Crippen LogP contribution < -0.4 is 5.73 Å². The lowest BCUT2D eigenvalue weighted by molar-refractivity contribution is -0.146. The van der Waals surface area contributed by atoms with E-state index in [4.69, 9.17) is 10.5 Å². The minimum absolute atomic E-state index is 0.0577. The molecule has 0 unspecified atom stereocenters. The maximum absolute atomic E-state index is 12.1. The Balaban J connectivity index is 1.51. The van der Waals surface area contributed by atoms with E-state index in [1.807, 2.05) is 24.3 Å². The fourth-order valence-electron chi connectivity index (χ4n) is 3.15. The quantitative estimate of drug-likeness (QED) is 0.832. The number of amides is 2. The van der Waals surface area contributed by atoms with Crippen LogP contribution in [0.1, 0.15) is 30.7 Å². The molecule has 118 valence electrons. The zero-order valence-electron chi connectivity index (χ0n) is 12.2. The number of nitrogens with zero attached hydrogens (tertiary/aromatic N) is 1. The molecule has 1 aromatic rings. The van der Waals surface area contributed by atoms with Crippen LogP contribution in [0.2, 0.25) is 0 Å². The number of hydrogen-bond acceptors (Lipinski definition) is 3. The highest BCUT2D eigenvalue weighted by molar-refractivity contribution is 9.10. The van der Waals surface area contributed by atoms with E-state index < -0.39 is 6.03 Å². The first-order chi connectivity index (χ1) is 10.6. The SMILES string of the molecule is NC(=O)N1CCC[C@@H]1COC(=O)[C@@H]1C[C@H]1c1cccc(Br)c1. The molecule has 1 aliphatic heterocycles. The molecule has 2 N–H and O–H groups in total. The Kier molecular flexibility index (Phi) is 4.38. The summed E-state index contributed by atoms with van der Waals surface area (Å²) in [6.07, 6.45) is 2.59. The summed E-state index contributed by atoms with van der Waals surface area (Å²) in [5.41, 5.74) is 6.48. The highest BCUT2D eigenvalue weighted by Gasteiger charge is 2.45. The number of rotatable bonds is 4. The van der Waals surface area contributed by atoms with E-state index in [1.165, 1.54) is 0 Å². The molecule has 2 amide bonds. The molecule has 1 saturated heterocycles. The van der Waals surface area contributed by atoms with Gasteiger partial charge in [-0.1, -0.05) is 28.1 Å². The van der Waals surface area contributed by atoms with Crippen LogP contribution in [0.4, 0.5) is 4.79 Å². The predicted molar refractivity (Wildman–Crippen MR) is 85.3 cm³/mol. The fourth-order valence-corrected chi connectivity index (χ4v) is 3.56. The van der Waals surface area contributed by atoms with Gasteiger partial charge in [0.1, 0.15) is 6.61 Å². The number of esters is 1. The number of hydrogen-bond donors (Lipinski definition) is 1. The van der Waals surface area contributed by atoms with Crippen LogP contribution in [0, 0.1) is 5.92 Å². The number of urea groups is 1. The first-order valence-electron chi connectivity index (χ1n) is 7.54. The summed E-state index contributed by atoms with van der Waals surface area (Å²) in [7, 11) is 0. The van der Waals surface area contributed by atoms with Crippen LogP contribution in [0.25, 0.3) is 0 Å². The number of carbonyl (C=O) groups excluding carboxylic acids is 2. The van der Waals surface area contributed by atoms with Crippen molar-refractivity contribution in [2.75, 3.05) is 13.2 Å². The van der Waals surface area contributed by atoms with E-state index >= 15 is 0 Å². The van der Waals surface area contributed by atoms with Gasteiger partial charge in [0.2, 0.25) is 0 Å². The maximum Gasteiger partial charge on any atom is 0.315 e. The molecular formula is C16H19BrN2O3. The molecule has 2 fully saturated rings. The van der Waals surface area contributed by atoms with E-state index in [0.717, 1.165) is 29.3 Å². The van der Waals surface area contributed by atoms with Crippen molar-refractivity contribution in [1.82, 2.24) is 4.90 Å². The zero-order valence-corrected chi connectivity index (χ0v) is 13.8. The molecule has 1 heterocycles. The molecule has 0 aromatic heterocycles. The second-order valence-corrected chi connectivity index (χ2v) is 6.88. The van der Waals surface area contributed by atoms with Gasteiger partial charge in [-0.3, -0.25) is 4.79 Å². The smallest absolute Gasteiger partial charge is 0.315 e. The van der Waals surface area contributed by atoms with Gasteiger partial charge in [-0.15, -0.1) is 0 Å². The summed E-state index contributed by atoms with van der Waals surface area (Å²) in [6, 6.07) is 7.53. The van der Waals surface area contributed by atoms with Gasteiger partial charge in [0, 0.05) is 11.0 Å². The topological polar surface area (TPSA) is 72.6 Å². The monoisotopic (exact) mass is 366 g/mol.